The molecule has 0 unspecified atom stereocenters. The summed E-state index contributed by atoms with van der Waals surface area (Å²) in [4.78, 5) is 0. The lowest BCUT2D eigenvalue weighted by Gasteiger charge is -2.22. The van der Waals surface area contributed by atoms with E-state index in [-0.39, 0.29) is 30.9 Å². The second kappa shape index (κ2) is 5.32. The van der Waals surface area contributed by atoms with Gasteiger partial charge in [-0.05, 0) is 18.1 Å². The molecule has 0 aliphatic carbocycles. The van der Waals surface area contributed by atoms with E-state index in [4.69, 9.17) is 5.73 Å². The molecule has 2 rings (SSSR count). The van der Waals surface area contributed by atoms with E-state index >= 15 is 0 Å². The predicted molar refractivity (Wildman–Crippen MR) is 61.1 cm³/mol. The first kappa shape index (κ1) is 12.6. The van der Waals surface area contributed by atoms with Crippen molar-refractivity contribution in [1.82, 2.24) is 0 Å². The maximum Gasteiger partial charge on any atom is 0.0373 e. The minimum Gasteiger partial charge on any atom is -0.383 e. The average Bonchev–Trinajstić information content (AvgIpc) is 2.04. The van der Waals surface area contributed by atoms with Crippen LogP contribution in [-0.4, -0.2) is 12.6 Å². The van der Waals surface area contributed by atoms with Gasteiger partial charge in [-0.3, -0.25) is 0 Å². The van der Waals surface area contributed by atoms with Gasteiger partial charge in [0.25, 0.3) is 0 Å². The molecule has 1 aromatic carbocycles. The topological polar surface area (TPSA) is 38.0 Å². The molecule has 1 atom stereocenters. The first-order valence-electron chi connectivity index (χ1n) is 3.93. The van der Waals surface area contributed by atoms with Crippen molar-refractivity contribution in [1.29, 1.82) is 0 Å². The first-order chi connectivity index (χ1) is 5.36. The van der Waals surface area contributed by atoms with Crippen molar-refractivity contribution in [2.45, 2.75) is 12.5 Å². The van der Waals surface area contributed by atoms with Gasteiger partial charge in [-0.1, -0.05) is 18.2 Å². The number of rotatable bonds is 0. The van der Waals surface area contributed by atoms with Crippen LogP contribution in [0.15, 0.2) is 24.3 Å². The maximum absolute atomic E-state index is 5.79. The Labute approximate surface area is 90.7 Å². The molecule has 4 heteroatoms. The first-order valence-corrected chi connectivity index (χ1v) is 3.93. The van der Waals surface area contributed by atoms with Crippen LogP contribution in [0.25, 0.3) is 0 Å². The van der Waals surface area contributed by atoms with Gasteiger partial charge in [-0.25, -0.2) is 0 Å². The van der Waals surface area contributed by atoms with E-state index in [1.54, 1.807) is 0 Å². The number of hydrogen-bond acceptors (Lipinski definition) is 2. The van der Waals surface area contributed by atoms with Gasteiger partial charge in [0.05, 0.1) is 0 Å². The number of benzene rings is 1. The molecule has 0 saturated carbocycles. The largest absolute Gasteiger partial charge is 0.383 e. The van der Waals surface area contributed by atoms with Gasteiger partial charge in [-0.2, -0.15) is 0 Å². The Balaban J connectivity index is 0.000000720. The van der Waals surface area contributed by atoms with Gasteiger partial charge in [0, 0.05) is 18.3 Å². The van der Waals surface area contributed by atoms with E-state index in [1.807, 2.05) is 6.07 Å². The number of anilines is 1. The number of nitrogens with two attached hydrogens (primary N) is 1. The summed E-state index contributed by atoms with van der Waals surface area (Å²) >= 11 is 0. The number of nitrogens with one attached hydrogen (secondary N) is 1. The summed E-state index contributed by atoms with van der Waals surface area (Å²) in [6, 6.07) is 8.61. The Bertz CT molecular complexity index is 266. The van der Waals surface area contributed by atoms with Crippen LogP contribution in [0.4, 0.5) is 5.69 Å². The Hall–Kier alpha value is -0.440. The van der Waals surface area contributed by atoms with Crippen LogP contribution in [0.1, 0.15) is 5.56 Å². The van der Waals surface area contributed by atoms with Crippen molar-refractivity contribution >= 4 is 30.5 Å². The normalized spacial score (nSPS) is 18.7. The van der Waals surface area contributed by atoms with Gasteiger partial charge >= 0.3 is 0 Å². The van der Waals surface area contributed by atoms with E-state index in [0.29, 0.717) is 0 Å². The van der Waals surface area contributed by atoms with Crippen LogP contribution >= 0.6 is 24.8 Å². The molecule has 1 aromatic rings. The Morgan fingerprint density at radius 1 is 1.23 bits per heavy atom. The second-order valence-electron chi connectivity index (χ2n) is 3.00. The highest BCUT2D eigenvalue weighted by atomic mass is 35.5. The molecule has 2 nitrogen and oxygen atoms in total. The molecule has 0 saturated heterocycles. The Morgan fingerprint density at radius 2 is 1.92 bits per heavy atom. The third kappa shape index (κ3) is 2.76. The fourth-order valence-corrected chi connectivity index (χ4v) is 1.47. The molecule has 1 heterocycles. The quantitative estimate of drug-likeness (QED) is 0.701. The highest BCUT2D eigenvalue weighted by Gasteiger charge is 2.12. The van der Waals surface area contributed by atoms with Crippen LogP contribution in [0.2, 0.25) is 0 Å². The molecule has 13 heavy (non-hydrogen) atoms. The maximum atomic E-state index is 5.79. The van der Waals surface area contributed by atoms with Crippen LogP contribution in [0.5, 0.6) is 0 Å². The van der Waals surface area contributed by atoms with Gasteiger partial charge in [-0.15, -0.1) is 24.8 Å². The van der Waals surface area contributed by atoms with E-state index in [1.165, 1.54) is 11.3 Å². The molecular weight excluding hydrogens is 207 g/mol. The summed E-state index contributed by atoms with van der Waals surface area (Å²) in [6.07, 6.45) is 1.00. The number of fused-ring (bicyclic) bond motifs is 1. The zero-order chi connectivity index (χ0) is 7.68. The number of halogens is 2. The zero-order valence-electron chi connectivity index (χ0n) is 7.19. The molecule has 1 aliphatic rings. The summed E-state index contributed by atoms with van der Waals surface area (Å²) in [5.41, 5.74) is 8.37. The summed E-state index contributed by atoms with van der Waals surface area (Å²) < 4.78 is 0. The molecule has 74 valence electrons. The second-order valence-corrected chi connectivity index (χ2v) is 3.00. The number of para-hydroxylation sites is 1. The van der Waals surface area contributed by atoms with Gasteiger partial charge in [0.2, 0.25) is 0 Å². The summed E-state index contributed by atoms with van der Waals surface area (Å²) in [5.74, 6) is 0. The average molecular weight is 221 g/mol. The molecule has 0 amide bonds. The highest BCUT2D eigenvalue weighted by molar-refractivity contribution is 5.85. The molecule has 0 spiro atoms. The molecule has 1 aliphatic heterocycles. The van der Waals surface area contributed by atoms with Crippen LogP contribution in [0, 0.1) is 0 Å². The van der Waals surface area contributed by atoms with Crippen molar-refractivity contribution in [2.75, 3.05) is 11.9 Å². The highest BCUT2D eigenvalue weighted by Crippen LogP contribution is 2.19. The summed E-state index contributed by atoms with van der Waals surface area (Å²) in [5, 5.41) is 3.29. The SMILES string of the molecule is Cl.Cl.N[C@@H]1CNc2ccccc2C1. The van der Waals surface area contributed by atoms with Crippen molar-refractivity contribution < 1.29 is 0 Å². The minimum absolute atomic E-state index is 0. The van der Waals surface area contributed by atoms with Crippen LogP contribution in [0.3, 0.4) is 0 Å². The smallest absolute Gasteiger partial charge is 0.0373 e. The molecule has 3 N–H and O–H groups in total. The molecular formula is C9H14Cl2N2. The summed E-state index contributed by atoms with van der Waals surface area (Å²) in [7, 11) is 0. The van der Waals surface area contributed by atoms with Crippen molar-refractivity contribution in [2.24, 2.45) is 5.73 Å². The predicted octanol–water partition coefficient (Wildman–Crippen LogP) is 1.83. The Kier molecular flexibility index (Phi) is 5.14. The van der Waals surface area contributed by atoms with Crippen molar-refractivity contribution in [3.63, 3.8) is 0 Å². The molecule has 0 radical (unpaired) electrons. The standard InChI is InChI=1S/C9H12N2.2ClH/c10-8-5-7-3-1-2-4-9(7)11-6-8;;/h1-4,8,11H,5-6,10H2;2*1H/t8-;;/m0../s1. The van der Waals surface area contributed by atoms with Gasteiger partial charge in [0.15, 0.2) is 0 Å². The lowest BCUT2D eigenvalue weighted by Crippen LogP contribution is -2.35. The molecule has 0 fully saturated rings. The van der Waals surface area contributed by atoms with E-state index in [0.717, 1.165) is 13.0 Å². The molecule has 0 bridgehead atoms. The fourth-order valence-electron chi connectivity index (χ4n) is 1.47. The van der Waals surface area contributed by atoms with E-state index in [2.05, 4.69) is 23.5 Å². The Morgan fingerprint density at radius 3 is 2.69 bits per heavy atom. The summed E-state index contributed by atoms with van der Waals surface area (Å²) in [6.45, 7) is 0.900. The third-order valence-electron chi connectivity index (χ3n) is 2.05. The molecule has 0 aromatic heterocycles. The van der Waals surface area contributed by atoms with Crippen LogP contribution in [-0.2, 0) is 6.42 Å². The van der Waals surface area contributed by atoms with E-state index < -0.39 is 0 Å². The van der Waals surface area contributed by atoms with Crippen molar-refractivity contribution in [3.8, 4) is 0 Å². The van der Waals surface area contributed by atoms with Gasteiger partial charge in [0.1, 0.15) is 0 Å². The third-order valence-corrected chi connectivity index (χ3v) is 2.05. The van der Waals surface area contributed by atoms with Crippen molar-refractivity contribution in [3.05, 3.63) is 29.8 Å². The lowest BCUT2D eigenvalue weighted by molar-refractivity contribution is 0.679. The van der Waals surface area contributed by atoms with Gasteiger partial charge < -0.3 is 11.1 Å². The minimum atomic E-state index is 0. The lowest BCUT2D eigenvalue weighted by atomic mass is 10.0. The van der Waals surface area contributed by atoms with E-state index in [9.17, 15) is 0 Å². The monoisotopic (exact) mass is 220 g/mol. The van der Waals surface area contributed by atoms with Crippen LogP contribution < -0.4 is 11.1 Å². The zero-order valence-corrected chi connectivity index (χ0v) is 8.83. The number of hydrogen-bond donors (Lipinski definition) is 2. The fraction of sp³-hybridized carbons (Fsp3) is 0.333.